The van der Waals surface area contributed by atoms with E-state index < -0.39 is 27.8 Å². The minimum Gasteiger partial charge on any atom is -0.462 e. The molecule has 1 aliphatic heterocycles. The SMILES string of the molecule is CCOC(=O)c1cc(CN2C(=O)c3ccccc3C2=O)sc1NS(=O)(=O)c1ccccc1Cl. The van der Waals surface area contributed by atoms with E-state index in [4.69, 9.17) is 16.3 Å². The number of hydrogen-bond acceptors (Lipinski definition) is 7. The molecule has 0 unspecified atom stereocenters. The second-order valence-corrected chi connectivity index (χ2v) is 10.1. The van der Waals surface area contributed by atoms with Crippen LogP contribution in [0.3, 0.4) is 0 Å². The van der Waals surface area contributed by atoms with E-state index in [-0.39, 0.29) is 33.6 Å². The van der Waals surface area contributed by atoms with Gasteiger partial charge in [-0.3, -0.25) is 19.2 Å². The smallest absolute Gasteiger partial charge is 0.341 e. The fraction of sp³-hybridized carbons (Fsp3) is 0.136. The van der Waals surface area contributed by atoms with Gasteiger partial charge < -0.3 is 4.74 Å². The molecule has 0 spiro atoms. The van der Waals surface area contributed by atoms with Gasteiger partial charge in [0.05, 0.1) is 34.9 Å². The number of sulfonamides is 1. The topological polar surface area (TPSA) is 110 Å². The Balaban J connectivity index is 1.67. The number of anilines is 1. The van der Waals surface area contributed by atoms with Gasteiger partial charge in [0.25, 0.3) is 21.8 Å². The third-order valence-corrected chi connectivity index (χ3v) is 7.84. The van der Waals surface area contributed by atoms with E-state index in [1.54, 1.807) is 37.3 Å². The van der Waals surface area contributed by atoms with E-state index in [9.17, 15) is 22.8 Å². The molecule has 1 N–H and O–H groups in total. The lowest BCUT2D eigenvalue weighted by Crippen LogP contribution is -2.28. The quantitative estimate of drug-likeness (QED) is 0.382. The zero-order valence-corrected chi connectivity index (χ0v) is 19.6. The van der Waals surface area contributed by atoms with Gasteiger partial charge in [-0.1, -0.05) is 35.9 Å². The number of rotatable bonds is 7. The summed E-state index contributed by atoms with van der Waals surface area (Å²) in [5, 5.41) is 0.0190. The van der Waals surface area contributed by atoms with Crippen LogP contribution in [0.4, 0.5) is 5.00 Å². The molecule has 0 aliphatic carbocycles. The first-order valence-corrected chi connectivity index (χ1v) is 12.4. The number of carbonyl (C=O) groups is 3. The van der Waals surface area contributed by atoms with Crippen LogP contribution in [-0.2, 0) is 21.3 Å². The average molecular weight is 505 g/mol. The minimum absolute atomic E-state index is 0.0000196. The first kappa shape index (κ1) is 23.0. The molecule has 2 aromatic carbocycles. The Labute approximate surface area is 198 Å². The van der Waals surface area contributed by atoms with Crippen LogP contribution in [0.1, 0.15) is 42.9 Å². The number of imide groups is 1. The Kier molecular flexibility index (Phi) is 6.24. The fourth-order valence-corrected chi connectivity index (χ4v) is 6.20. The first-order chi connectivity index (χ1) is 15.7. The van der Waals surface area contributed by atoms with Crippen molar-refractivity contribution in [2.45, 2.75) is 18.4 Å². The summed E-state index contributed by atoms with van der Waals surface area (Å²) in [6.07, 6.45) is 0. The Hall–Kier alpha value is -3.21. The van der Waals surface area contributed by atoms with E-state index in [0.717, 1.165) is 16.2 Å². The number of thiophene rings is 1. The highest BCUT2D eigenvalue weighted by molar-refractivity contribution is 7.93. The predicted octanol–water partition coefficient (Wildman–Crippen LogP) is 4.18. The van der Waals surface area contributed by atoms with Crippen molar-refractivity contribution in [1.29, 1.82) is 0 Å². The van der Waals surface area contributed by atoms with Crippen molar-refractivity contribution in [2.75, 3.05) is 11.3 Å². The lowest BCUT2D eigenvalue weighted by atomic mass is 10.1. The van der Waals surface area contributed by atoms with Gasteiger partial charge in [0.15, 0.2) is 0 Å². The summed E-state index contributed by atoms with van der Waals surface area (Å²) < 4.78 is 33.2. The summed E-state index contributed by atoms with van der Waals surface area (Å²) in [4.78, 5) is 39.2. The van der Waals surface area contributed by atoms with Gasteiger partial charge >= 0.3 is 5.97 Å². The molecule has 4 rings (SSSR count). The molecule has 0 saturated heterocycles. The first-order valence-electron chi connectivity index (χ1n) is 9.75. The highest BCUT2D eigenvalue weighted by Gasteiger charge is 2.36. The number of nitrogens with one attached hydrogen (secondary N) is 1. The van der Waals surface area contributed by atoms with Gasteiger partial charge in [0.1, 0.15) is 9.90 Å². The Morgan fingerprint density at radius 2 is 1.67 bits per heavy atom. The average Bonchev–Trinajstić information content (AvgIpc) is 3.28. The van der Waals surface area contributed by atoms with Crippen LogP contribution >= 0.6 is 22.9 Å². The number of carbonyl (C=O) groups excluding carboxylic acids is 3. The normalized spacial score (nSPS) is 13.2. The van der Waals surface area contributed by atoms with E-state index in [2.05, 4.69) is 4.72 Å². The van der Waals surface area contributed by atoms with Gasteiger partial charge in [-0.25, -0.2) is 13.2 Å². The Bertz CT molecular complexity index is 1350. The van der Waals surface area contributed by atoms with Crippen LogP contribution in [0.2, 0.25) is 5.02 Å². The number of esters is 1. The molecule has 1 aliphatic rings. The highest BCUT2D eigenvalue weighted by atomic mass is 35.5. The molecule has 33 heavy (non-hydrogen) atoms. The monoisotopic (exact) mass is 504 g/mol. The van der Waals surface area contributed by atoms with Crippen molar-refractivity contribution in [3.05, 3.63) is 81.2 Å². The van der Waals surface area contributed by atoms with Crippen molar-refractivity contribution >= 4 is 55.7 Å². The number of ether oxygens (including phenoxy) is 1. The molecule has 1 aromatic heterocycles. The number of fused-ring (bicyclic) bond motifs is 1. The van der Waals surface area contributed by atoms with Crippen molar-refractivity contribution < 1.29 is 27.5 Å². The molecule has 0 fully saturated rings. The van der Waals surface area contributed by atoms with Gasteiger partial charge in [-0.15, -0.1) is 11.3 Å². The lowest BCUT2D eigenvalue weighted by Gasteiger charge is -2.12. The van der Waals surface area contributed by atoms with Crippen molar-refractivity contribution in [2.24, 2.45) is 0 Å². The maximum Gasteiger partial charge on any atom is 0.341 e. The van der Waals surface area contributed by atoms with Crippen LogP contribution in [0.25, 0.3) is 0 Å². The number of amides is 2. The summed E-state index contributed by atoms with van der Waals surface area (Å²) in [6.45, 7) is 1.58. The van der Waals surface area contributed by atoms with E-state index in [1.807, 2.05) is 0 Å². The molecule has 0 saturated carbocycles. The second kappa shape index (κ2) is 8.97. The standard InChI is InChI=1S/C22H17ClN2O6S2/c1-2-31-22(28)16-11-13(12-25-20(26)14-7-3-4-8-15(14)21(25)27)32-19(16)24-33(29,30)18-10-6-5-9-17(18)23/h3-11,24H,2,12H2,1H3. The summed E-state index contributed by atoms with van der Waals surface area (Å²) >= 11 is 6.96. The predicted molar refractivity (Wildman–Crippen MR) is 123 cm³/mol. The molecular weight excluding hydrogens is 488 g/mol. The Morgan fingerprint density at radius 3 is 2.27 bits per heavy atom. The number of benzene rings is 2. The van der Waals surface area contributed by atoms with Gasteiger partial charge in [0, 0.05) is 4.88 Å². The molecular formula is C22H17ClN2O6S2. The molecule has 0 bridgehead atoms. The van der Waals surface area contributed by atoms with Crippen molar-refractivity contribution in [3.8, 4) is 0 Å². The molecule has 0 radical (unpaired) electrons. The van der Waals surface area contributed by atoms with Crippen molar-refractivity contribution in [1.82, 2.24) is 4.90 Å². The van der Waals surface area contributed by atoms with Gasteiger partial charge in [-0.2, -0.15) is 0 Å². The zero-order chi connectivity index (χ0) is 23.8. The molecule has 170 valence electrons. The number of halogens is 1. The maximum absolute atomic E-state index is 12.9. The summed E-state index contributed by atoms with van der Waals surface area (Å²) in [6, 6.07) is 13.8. The largest absolute Gasteiger partial charge is 0.462 e. The zero-order valence-electron chi connectivity index (χ0n) is 17.2. The molecule has 3 aromatic rings. The molecule has 11 heteroatoms. The third kappa shape index (κ3) is 4.37. The van der Waals surface area contributed by atoms with E-state index >= 15 is 0 Å². The molecule has 2 heterocycles. The molecule has 8 nitrogen and oxygen atoms in total. The maximum atomic E-state index is 12.9. The number of nitrogens with zero attached hydrogens (tertiary/aromatic N) is 1. The van der Waals surface area contributed by atoms with Crippen LogP contribution in [0, 0.1) is 0 Å². The molecule has 2 amide bonds. The molecule has 0 atom stereocenters. The number of hydrogen-bond donors (Lipinski definition) is 1. The van der Waals surface area contributed by atoms with Crippen molar-refractivity contribution in [3.63, 3.8) is 0 Å². The minimum atomic E-state index is -4.12. The highest BCUT2D eigenvalue weighted by Crippen LogP contribution is 2.34. The van der Waals surface area contributed by atoms with Crippen LogP contribution in [-0.4, -0.2) is 37.7 Å². The van der Waals surface area contributed by atoms with Gasteiger partial charge in [0.2, 0.25) is 0 Å². The van der Waals surface area contributed by atoms with Gasteiger partial charge in [-0.05, 0) is 37.3 Å². The van der Waals surface area contributed by atoms with Crippen LogP contribution in [0.15, 0.2) is 59.5 Å². The Morgan fingerprint density at radius 1 is 1.06 bits per heavy atom. The summed E-state index contributed by atoms with van der Waals surface area (Å²) in [7, 11) is -4.12. The third-order valence-electron chi connectivity index (χ3n) is 4.82. The second-order valence-electron chi connectivity index (χ2n) is 6.95. The van der Waals surface area contributed by atoms with Crippen LogP contribution in [0.5, 0.6) is 0 Å². The summed E-state index contributed by atoms with van der Waals surface area (Å²) in [5.41, 5.74) is 0.567. The fourth-order valence-electron chi connectivity index (χ4n) is 3.33. The van der Waals surface area contributed by atoms with E-state index in [1.165, 1.54) is 24.3 Å². The van der Waals surface area contributed by atoms with Crippen LogP contribution < -0.4 is 4.72 Å². The summed E-state index contributed by atoms with van der Waals surface area (Å²) in [5.74, 6) is -1.65. The van der Waals surface area contributed by atoms with E-state index in [0.29, 0.717) is 16.0 Å². The lowest BCUT2D eigenvalue weighted by molar-refractivity contribution is 0.0527.